The van der Waals surface area contributed by atoms with Gasteiger partial charge in [0, 0.05) is 6.04 Å². The van der Waals surface area contributed by atoms with Crippen molar-refractivity contribution in [2.24, 2.45) is 17.7 Å². The van der Waals surface area contributed by atoms with Crippen LogP contribution in [0.1, 0.15) is 33.1 Å². The van der Waals surface area contributed by atoms with Gasteiger partial charge in [0.1, 0.15) is 16.6 Å². The third kappa shape index (κ3) is 2.75. The van der Waals surface area contributed by atoms with E-state index in [2.05, 4.69) is 50.5 Å². The molecule has 0 aromatic carbocycles. The van der Waals surface area contributed by atoms with Crippen molar-refractivity contribution in [3.63, 3.8) is 0 Å². The smallest absolute Gasteiger partial charge is 0.159 e. The maximum Gasteiger partial charge on any atom is 0.159 e. The van der Waals surface area contributed by atoms with Gasteiger partial charge in [-0.2, -0.15) is 0 Å². The quantitative estimate of drug-likeness (QED) is 0.591. The van der Waals surface area contributed by atoms with Gasteiger partial charge in [-0.25, -0.2) is 15.8 Å². The normalized spacial score (nSPS) is 27.9. The van der Waals surface area contributed by atoms with Gasteiger partial charge in [0.2, 0.25) is 0 Å². The van der Waals surface area contributed by atoms with E-state index in [4.69, 9.17) is 5.84 Å². The second kappa shape index (κ2) is 5.84. The lowest BCUT2D eigenvalue weighted by molar-refractivity contribution is 0.253. The summed E-state index contributed by atoms with van der Waals surface area (Å²) in [6.07, 6.45) is 5.29. The maximum atomic E-state index is 5.40. The van der Waals surface area contributed by atoms with Crippen LogP contribution in [0.25, 0.3) is 0 Å². The Bertz CT molecular complexity index is 411. The summed E-state index contributed by atoms with van der Waals surface area (Å²) in [6, 6.07) is 0.463. The van der Waals surface area contributed by atoms with E-state index in [-0.39, 0.29) is 0 Å². The number of halogens is 1. The zero-order chi connectivity index (χ0) is 13.1. The van der Waals surface area contributed by atoms with E-state index >= 15 is 0 Å². The Morgan fingerprint density at radius 1 is 1.28 bits per heavy atom. The van der Waals surface area contributed by atoms with Crippen molar-refractivity contribution in [1.29, 1.82) is 0 Å². The SMILES string of the molecule is CC1CCCC(Nc2ncnc(NN)c2Br)C1C. The topological polar surface area (TPSA) is 75.9 Å². The molecule has 5 nitrogen and oxygen atoms in total. The monoisotopic (exact) mass is 313 g/mol. The number of aromatic nitrogens is 2. The summed E-state index contributed by atoms with van der Waals surface area (Å²) in [4.78, 5) is 8.33. The van der Waals surface area contributed by atoms with E-state index < -0.39 is 0 Å². The first-order valence-electron chi connectivity index (χ1n) is 6.37. The van der Waals surface area contributed by atoms with Crippen molar-refractivity contribution in [2.45, 2.75) is 39.2 Å². The predicted octanol–water partition coefficient (Wildman–Crippen LogP) is 2.76. The highest BCUT2D eigenvalue weighted by atomic mass is 79.9. The van der Waals surface area contributed by atoms with Gasteiger partial charge >= 0.3 is 0 Å². The predicted molar refractivity (Wildman–Crippen MR) is 77.1 cm³/mol. The average Bonchev–Trinajstić information content (AvgIpc) is 2.37. The lowest BCUT2D eigenvalue weighted by Crippen LogP contribution is -2.35. The first-order chi connectivity index (χ1) is 8.63. The number of nitrogens with two attached hydrogens (primary N) is 1. The second-order valence-corrected chi connectivity index (χ2v) is 5.84. The molecule has 0 amide bonds. The third-order valence-corrected chi connectivity index (χ3v) is 4.71. The summed E-state index contributed by atoms with van der Waals surface area (Å²) >= 11 is 3.47. The number of rotatable bonds is 3. The van der Waals surface area contributed by atoms with Gasteiger partial charge in [0.15, 0.2) is 5.82 Å². The van der Waals surface area contributed by atoms with E-state index in [0.717, 1.165) is 16.2 Å². The Hall–Kier alpha value is -0.880. The molecule has 3 unspecified atom stereocenters. The summed E-state index contributed by atoms with van der Waals surface area (Å²) < 4.78 is 0.790. The fourth-order valence-electron chi connectivity index (χ4n) is 2.53. The molecule has 1 fully saturated rings. The second-order valence-electron chi connectivity index (χ2n) is 5.05. The molecule has 0 spiro atoms. The van der Waals surface area contributed by atoms with Crippen molar-refractivity contribution in [1.82, 2.24) is 9.97 Å². The van der Waals surface area contributed by atoms with Crippen LogP contribution in [0, 0.1) is 11.8 Å². The zero-order valence-corrected chi connectivity index (χ0v) is 12.4. The number of hydrogen-bond acceptors (Lipinski definition) is 5. The lowest BCUT2D eigenvalue weighted by atomic mass is 9.78. The van der Waals surface area contributed by atoms with Crippen LogP contribution in [0.4, 0.5) is 11.6 Å². The number of nitrogens with one attached hydrogen (secondary N) is 2. The van der Waals surface area contributed by atoms with Crippen LogP contribution >= 0.6 is 15.9 Å². The molecule has 2 rings (SSSR count). The highest BCUT2D eigenvalue weighted by Crippen LogP contribution is 2.33. The first-order valence-corrected chi connectivity index (χ1v) is 7.16. The Morgan fingerprint density at radius 2 is 2.00 bits per heavy atom. The van der Waals surface area contributed by atoms with Gasteiger partial charge in [0.25, 0.3) is 0 Å². The molecule has 0 aliphatic heterocycles. The van der Waals surface area contributed by atoms with Gasteiger partial charge in [-0.3, -0.25) is 0 Å². The molecular formula is C12H20BrN5. The van der Waals surface area contributed by atoms with Gasteiger partial charge in [-0.15, -0.1) is 0 Å². The van der Waals surface area contributed by atoms with Gasteiger partial charge in [-0.05, 0) is 34.2 Å². The number of anilines is 2. The van der Waals surface area contributed by atoms with E-state index in [1.807, 2.05) is 0 Å². The van der Waals surface area contributed by atoms with Crippen molar-refractivity contribution in [3.05, 3.63) is 10.8 Å². The molecule has 0 radical (unpaired) electrons. The minimum atomic E-state index is 0.463. The van der Waals surface area contributed by atoms with Crippen molar-refractivity contribution in [3.8, 4) is 0 Å². The van der Waals surface area contributed by atoms with E-state index in [9.17, 15) is 0 Å². The summed E-state index contributed by atoms with van der Waals surface area (Å²) in [6.45, 7) is 4.62. The van der Waals surface area contributed by atoms with Crippen LogP contribution in [0.2, 0.25) is 0 Å². The molecule has 4 N–H and O–H groups in total. The minimum Gasteiger partial charge on any atom is -0.366 e. The first kappa shape index (κ1) is 13.5. The molecule has 3 atom stereocenters. The molecule has 1 aromatic rings. The molecule has 0 bridgehead atoms. The minimum absolute atomic E-state index is 0.463. The number of hydrogen-bond donors (Lipinski definition) is 3. The van der Waals surface area contributed by atoms with Crippen LogP contribution in [-0.4, -0.2) is 16.0 Å². The molecule has 1 aliphatic rings. The highest BCUT2D eigenvalue weighted by Gasteiger charge is 2.27. The number of hydrazine groups is 1. The Morgan fingerprint density at radius 3 is 2.72 bits per heavy atom. The fraction of sp³-hybridized carbons (Fsp3) is 0.667. The van der Waals surface area contributed by atoms with E-state index in [1.54, 1.807) is 0 Å². The molecule has 1 saturated carbocycles. The maximum absolute atomic E-state index is 5.40. The Balaban J connectivity index is 2.13. The highest BCUT2D eigenvalue weighted by molar-refractivity contribution is 9.10. The van der Waals surface area contributed by atoms with Crippen LogP contribution in [0.15, 0.2) is 10.8 Å². The zero-order valence-electron chi connectivity index (χ0n) is 10.8. The van der Waals surface area contributed by atoms with Crippen LogP contribution in [0.5, 0.6) is 0 Å². The average molecular weight is 314 g/mol. The standard InChI is InChI=1S/C12H20BrN5/c1-7-4-3-5-9(8(7)2)17-11-10(13)12(18-14)16-6-15-11/h6-9H,3-5,14H2,1-2H3,(H2,15,16,17,18). The van der Waals surface area contributed by atoms with Gasteiger partial charge in [-0.1, -0.05) is 26.7 Å². The van der Waals surface area contributed by atoms with Crippen LogP contribution in [-0.2, 0) is 0 Å². The summed E-state index contributed by atoms with van der Waals surface area (Å²) in [7, 11) is 0. The van der Waals surface area contributed by atoms with Crippen molar-refractivity contribution in [2.75, 3.05) is 10.7 Å². The third-order valence-electron chi connectivity index (χ3n) is 3.96. The molecule has 1 aromatic heterocycles. The lowest BCUT2D eigenvalue weighted by Gasteiger charge is -2.35. The largest absolute Gasteiger partial charge is 0.366 e. The van der Waals surface area contributed by atoms with Crippen LogP contribution in [0.3, 0.4) is 0 Å². The Labute approximate surface area is 116 Å². The van der Waals surface area contributed by atoms with E-state index in [0.29, 0.717) is 17.8 Å². The summed E-state index contributed by atoms with van der Waals surface area (Å²) in [5, 5.41) is 3.51. The van der Waals surface area contributed by atoms with Crippen LogP contribution < -0.4 is 16.6 Å². The van der Waals surface area contributed by atoms with E-state index in [1.165, 1.54) is 25.6 Å². The molecular weight excluding hydrogens is 294 g/mol. The van der Waals surface area contributed by atoms with Crippen molar-refractivity contribution >= 4 is 27.6 Å². The van der Waals surface area contributed by atoms with Crippen molar-refractivity contribution < 1.29 is 0 Å². The fourth-order valence-corrected chi connectivity index (χ4v) is 2.97. The Kier molecular flexibility index (Phi) is 4.40. The molecule has 1 heterocycles. The molecule has 0 saturated heterocycles. The summed E-state index contributed by atoms with van der Waals surface area (Å²) in [5.74, 6) is 8.22. The number of nitrogens with zero attached hydrogens (tertiary/aromatic N) is 2. The molecule has 6 heteroatoms. The number of nitrogen functional groups attached to an aromatic ring is 1. The van der Waals surface area contributed by atoms with Gasteiger partial charge < -0.3 is 10.7 Å². The molecule has 1 aliphatic carbocycles. The molecule has 18 heavy (non-hydrogen) atoms. The molecule has 100 valence electrons. The summed E-state index contributed by atoms with van der Waals surface area (Å²) in [5.41, 5.74) is 2.55. The van der Waals surface area contributed by atoms with Gasteiger partial charge in [0.05, 0.1) is 0 Å².